The highest BCUT2D eigenvalue weighted by molar-refractivity contribution is 7.14. The molecule has 6 heteroatoms. The highest BCUT2D eigenvalue weighted by Crippen LogP contribution is 2.18. The van der Waals surface area contributed by atoms with Gasteiger partial charge in [-0.05, 0) is 43.0 Å². The molecule has 0 aliphatic carbocycles. The molecule has 0 saturated carbocycles. The second-order valence-corrected chi connectivity index (χ2v) is 7.01. The van der Waals surface area contributed by atoms with E-state index in [0.29, 0.717) is 10.9 Å². The fourth-order valence-electron chi connectivity index (χ4n) is 2.69. The summed E-state index contributed by atoms with van der Waals surface area (Å²) in [5.41, 5.74) is 10.9. The van der Waals surface area contributed by atoms with E-state index >= 15 is 0 Å². The third kappa shape index (κ3) is 4.77. The number of hydrogen-bond donors (Lipinski definition) is 2. The fraction of sp³-hybridized carbons (Fsp3) is 0.412. The quantitative estimate of drug-likeness (QED) is 0.652. The molecule has 0 radical (unpaired) electrons. The van der Waals surface area contributed by atoms with Gasteiger partial charge in [0.25, 0.3) is 0 Å². The minimum Gasteiger partial charge on any atom is -0.383 e. The van der Waals surface area contributed by atoms with E-state index in [0.717, 1.165) is 18.0 Å². The van der Waals surface area contributed by atoms with Gasteiger partial charge >= 0.3 is 0 Å². The summed E-state index contributed by atoms with van der Waals surface area (Å²) in [6, 6.07) is 8.56. The summed E-state index contributed by atoms with van der Waals surface area (Å²) in [4.78, 5) is 6.63. The molecule has 0 atom stereocenters. The van der Waals surface area contributed by atoms with E-state index in [9.17, 15) is 0 Å². The van der Waals surface area contributed by atoms with Crippen molar-refractivity contribution in [3.8, 4) is 0 Å². The van der Waals surface area contributed by atoms with Crippen molar-refractivity contribution in [2.75, 3.05) is 24.2 Å². The van der Waals surface area contributed by atoms with Crippen molar-refractivity contribution in [1.82, 2.24) is 9.88 Å². The first-order valence-electron chi connectivity index (χ1n) is 8.00. The Balaban J connectivity index is 1.50. The van der Waals surface area contributed by atoms with E-state index in [-0.39, 0.29) is 0 Å². The van der Waals surface area contributed by atoms with Gasteiger partial charge < -0.3 is 5.73 Å². The normalized spacial score (nSPS) is 16.9. The molecule has 3 rings (SSSR count). The standard InChI is InChI=1S/C17H23N5S/c1-13-6-8-22(9-7-13)11-15-4-2-14(3-5-15)10-19-21-17-20-16(18)12-23-17/h2-5,10,12-13H,6-9,11,18H2,1H3,(H,20,21). The molecule has 0 bridgehead atoms. The molecule has 1 saturated heterocycles. The van der Waals surface area contributed by atoms with Crippen molar-refractivity contribution >= 4 is 28.5 Å². The first kappa shape index (κ1) is 16.0. The number of hydrogen-bond acceptors (Lipinski definition) is 6. The van der Waals surface area contributed by atoms with Crippen LogP contribution in [0.1, 0.15) is 30.9 Å². The lowest BCUT2D eigenvalue weighted by atomic mass is 9.99. The number of nitrogens with one attached hydrogen (secondary N) is 1. The monoisotopic (exact) mass is 329 g/mol. The highest BCUT2D eigenvalue weighted by Gasteiger charge is 2.15. The molecule has 1 aliphatic heterocycles. The lowest BCUT2D eigenvalue weighted by Gasteiger charge is -2.30. The molecule has 5 nitrogen and oxygen atoms in total. The van der Waals surface area contributed by atoms with E-state index in [1.165, 1.54) is 42.8 Å². The lowest BCUT2D eigenvalue weighted by molar-refractivity contribution is 0.185. The Kier molecular flexibility index (Phi) is 5.25. The largest absolute Gasteiger partial charge is 0.383 e. The van der Waals surface area contributed by atoms with Crippen LogP contribution < -0.4 is 11.2 Å². The molecular formula is C17H23N5S. The Morgan fingerprint density at radius 1 is 1.35 bits per heavy atom. The number of hydrazone groups is 1. The molecule has 1 aliphatic rings. The smallest absolute Gasteiger partial charge is 0.205 e. The minimum absolute atomic E-state index is 0.518. The summed E-state index contributed by atoms with van der Waals surface area (Å²) in [5, 5.41) is 6.67. The van der Waals surface area contributed by atoms with Gasteiger partial charge in [-0.15, -0.1) is 11.3 Å². The molecule has 0 amide bonds. The molecule has 0 spiro atoms. The van der Waals surface area contributed by atoms with Gasteiger partial charge in [0.05, 0.1) is 6.21 Å². The van der Waals surface area contributed by atoms with Gasteiger partial charge in [-0.1, -0.05) is 31.2 Å². The van der Waals surface area contributed by atoms with E-state index in [1.807, 2.05) is 0 Å². The van der Waals surface area contributed by atoms with Crippen LogP contribution in [0.15, 0.2) is 34.7 Å². The average Bonchev–Trinajstić information content (AvgIpc) is 2.97. The number of benzene rings is 1. The van der Waals surface area contributed by atoms with E-state index < -0.39 is 0 Å². The predicted molar refractivity (Wildman–Crippen MR) is 97.9 cm³/mol. The maximum atomic E-state index is 5.57. The van der Waals surface area contributed by atoms with Gasteiger partial charge in [0.15, 0.2) is 0 Å². The lowest BCUT2D eigenvalue weighted by Crippen LogP contribution is -2.32. The van der Waals surface area contributed by atoms with Gasteiger partial charge in [0.2, 0.25) is 5.13 Å². The molecule has 0 unspecified atom stereocenters. The Morgan fingerprint density at radius 2 is 2.09 bits per heavy atom. The molecule has 1 aromatic heterocycles. The van der Waals surface area contributed by atoms with Crippen LogP contribution in [0, 0.1) is 5.92 Å². The predicted octanol–water partition coefficient (Wildman–Crippen LogP) is 3.40. The molecule has 2 aromatic rings. The number of thiazole rings is 1. The molecule has 122 valence electrons. The summed E-state index contributed by atoms with van der Waals surface area (Å²) in [6.07, 6.45) is 4.43. The minimum atomic E-state index is 0.518. The molecule has 3 N–H and O–H groups in total. The van der Waals surface area contributed by atoms with Crippen molar-refractivity contribution < 1.29 is 0 Å². The van der Waals surface area contributed by atoms with Crippen molar-refractivity contribution in [2.24, 2.45) is 11.0 Å². The number of piperidine rings is 1. The number of rotatable bonds is 5. The highest BCUT2D eigenvalue weighted by atomic mass is 32.1. The summed E-state index contributed by atoms with van der Waals surface area (Å²) in [6.45, 7) is 5.82. The maximum absolute atomic E-state index is 5.57. The third-order valence-corrected chi connectivity index (χ3v) is 4.92. The Labute approximate surface area is 141 Å². The van der Waals surface area contributed by atoms with Gasteiger partial charge in [0.1, 0.15) is 5.82 Å². The molecule has 1 fully saturated rings. The van der Waals surface area contributed by atoms with Crippen molar-refractivity contribution in [2.45, 2.75) is 26.3 Å². The van der Waals surface area contributed by atoms with Crippen LogP contribution in [0.3, 0.4) is 0 Å². The zero-order chi connectivity index (χ0) is 16.1. The van der Waals surface area contributed by atoms with E-state index in [1.54, 1.807) is 11.6 Å². The van der Waals surface area contributed by atoms with Crippen molar-refractivity contribution in [1.29, 1.82) is 0 Å². The SMILES string of the molecule is CC1CCN(Cc2ccc(C=NNc3nc(N)cs3)cc2)CC1. The first-order chi connectivity index (χ1) is 11.2. The van der Waals surface area contributed by atoms with Crippen LogP contribution in [0.4, 0.5) is 10.9 Å². The molecule has 23 heavy (non-hydrogen) atoms. The number of nitrogens with two attached hydrogens (primary N) is 1. The molecule has 1 aromatic carbocycles. The number of anilines is 2. The Hall–Kier alpha value is -1.92. The fourth-order valence-corrected chi connectivity index (χ4v) is 3.24. The number of aromatic nitrogens is 1. The van der Waals surface area contributed by atoms with E-state index in [2.05, 4.69) is 51.6 Å². The summed E-state index contributed by atoms with van der Waals surface area (Å²) in [5.74, 6) is 1.40. The first-order valence-corrected chi connectivity index (χ1v) is 8.88. The molecular weight excluding hydrogens is 306 g/mol. The average molecular weight is 329 g/mol. The summed E-state index contributed by atoms with van der Waals surface area (Å²) in [7, 11) is 0. The Morgan fingerprint density at radius 3 is 2.74 bits per heavy atom. The zero-order valence-corrected chi connectivity index (χ0v) is 14.2. The number of nitrogen functional groups attached to an aromatic ring is 1. The van der Waals surface area contributed by atoms with Gasteiger partial charge in [-0.3, -0.25) is 10.3 Å². The van der Waals surface area contributed by atoms with Gasteiger partial charge in [0, 0.05) is 11.9 Å². The van der Waals surface area contributed by atoms with E-state index in [4.69, 9.17) is 5.73 Å². The Bertz CT molecular complexity index is 641. The van der Waals surface area contributed by atoms with Crippen LogP contribution >= 0.6 is 11.3 Å². The molecule has 2 heterocycles. The van der Waals surface area contributed by atoms with Gasteiger partial charge in [-0.25, -0.2) is 4.98 Å². The topological polar surface area (TPSA) is 66.5 Å². The van der Waals surface area contributed by atoms with Crippen LogP contribution in [0.2, 0.25) is 0 Å². The van der Waals surface area contributed by atoms with Crippen molar-refractivity contribution in [3.63, 3.8) is 0 Å². The summed E-state index contributed by atoms with van der Waals surface area (Å²) < 4.78 is 0. The second-order valence-electron chi connectivity index (χ2n) is 6.15. The van der Waals surface area contributed by atoms with Crippen LogP contribution in [0.5, 0.6) is 0 Å². The van der Waals surface area contributed by atoms with Gasteiger partial charge in [-0.2, -0.15) is 5.10 Å². The van der Waals surface area contributed by atoms with Crippen LogP contribution in [0.25, 0.3) is 0 Å². The zero-order valence-electron chi connectivity index (χ0n) is 13.4. The van der Waals surface area contributed by atoms with Crippen LogP contribution in [-0.4, -0.2) is 29.2 Å². The number of likely N-dealkylation sites (tertiary alicyclic amines) is 1. The second kappa shape index (κ2) is 7.57. The maximum Gasteiger partial charge on any atom is 0.205 e. The third-order valence-electron chi connectivity index (χ3n) is 4.16. The number of nitrogens with zero attached hydrogens (tertiary/aromatic N) is 3. The summed E-state index contributed by atoms with van der Waals surface area (Å²) >= 11 is 1.44. The van der Waals surface area contributed by atoms with Crippen molar-refractivity contribution in [3.05, 3.63) is 40.8 Å². The van der Waals surface area contributed by atoms with Crippen LogP contribution in [-0.2, 0) is 6.54 Å².